The second-order valence-corrected chi connectivity index (χ2v) is 3.97. The van der Waals surface area contributed by atoms with Crippen molar-refractivity contribution in [2.45, 2.75) is 13.0 Å². The van der Waals surface area contributed by atoms with Gasteiger partial charge in [0, 0.05) is 14.2 Å². The van der Waals surface area contributed by atoms with Crippen LogP contribution in [0.4, 0.5) is 0 Å². The summed E-state index contributed by atoms with van der Waals surface area (Å²) in [7, 11) is 3.30. The van der Waals surface area contributed by atoms with Gasteiger partial charge in [0.15, 0.2) is 0 Å². The molecule has 116 valence electrons. The Morgan fingerprint density at radius 1 is 0.737 bits per heavy atom. The van der Waals surface area contributed by atoms with E-state index in [0.717, 1.165) is 6.61 Å². The van der Waals surface area contributed by atoms with Crippen LogP contribution in [0.15, 0.2) is 0 Å². The Morgan fingerprint density at radius 3 is 1.21 bits per heavy atom. The topological polar surface area (TPSA) is 58.7 Å². The molecule has 1 rings (SSSR count). The van der Waals surface area contributed by atoms with Crippen molar-refractivity contribution >= 4 is 0 Å². The van der Waals surface area contributed by atoms with Crippen LogP contribution in [0.3, 0.4) is 0 Å². The maximum Gasteiger partial charge on any atom is 0.0781 e. The third-order valence-corrected chi connectivity index (χ3v) is 2.11. The number of epoxide rings is 1. The normalized spacial score (nSPS) is 16.9. The lowest BCUT2D eigenvalue weighted by Crippen LogP contribution is -2.12. The molecule has 1 heterocycles. The van der Waals surface area contributed by atoms with E-state index in [-0.39, 0.29) is 0 Å². The molecule has 0 saturated carbocycles. The molecule has 0 aromatic heterocycles. The van der Waals surface area contributed by atoms with E-state index in [1.54, 1.807) is 14.2 Å². The predicted molar refractivity (Wildman–Crippen MR) is 71.6 cm³/mol. The van der Waals surface area contributed by atoms with Gasteiger partial charge in [-0.15, -0.1) is 0 Å². The predicted octanol–water partition coefficient (Wildman–Crippen LogP) is 0.734. The van der Waals surface area contributed by atoms with Crippen molar-refractivity contribution in [3.63, 3.8) is 0 Å². The molecule has 1 saturated heterocycles. The molecule has 1 atom stereocenters. The molecule has 0 N–H and O–H groups in total. The molecule has 0 bridgehead atoms. The lowest BCUT2D eigenvalue weighted by atomic mass is 10.6. The van der Waals surface area contributed by atoms with Crippen molar-refractivity contribution in [3.8, 4) is 0 Å². The van der Waals surface area contributed by atoms with Gasteiger partial charge in [0.2, 0.25) is 0 Å². The number of hydrogen-bond donors (Lipinski definition) is 0. The van der Waals surface area contributed by atoms with Gasteiger partial charge < -0.3 is 28.4 Å². The molecule has 1 aliphatic rings. The summed E-state index contributed by atoms with van der Waals surface area (Å²) >= 11 is 0. The molecule has 0 amide bonds. The minimum absolute atomic E-state index is 0.583. The fourth-order valence-electron chi connectivity index (χ4n) is 0.923. The van der Waals surface area contributed by atoms with E-state index in [1.807, 2.05) is 0 Å². The molecule has 1 unspecified atom stereocenters. The first-order valence-corrected chi connectivity index (χ1v) is 6.64. The van der Waals surface area contributed by atoms with Crippen molar-refractivity contribution in [1.82, 2.24) is 0 Å². The zero-order valence-corrected chi connectivity index (χ0v) is 12.4. The summed E-state index contributed by atoms with van der Waals surface area (Å²) < 4.78 is 30.0. The van der Waals surface area contributed by atoms with Crippen molar-refractivity contribution in [2.24, 2.45) is 0 Å². The van der Waals surface area contributed by atoms with Crippen LogP contribution in [-0.2, 0) is 28.4 Å². The molecule has 0 spiro atoms. The van der Waals surface area contributed by atoms with E-state index in [9.17, 15) is 0 Å². The van der Waals surface area contributed by atoms with E-state index in [1.165, 1.54) is 0 Å². The van der Waals surface area contributed by atoms with Gasteiger partial charge in [-0.05, 0) is 6.92 Å². The molecular weight excluding hydrogens is 252 g/mol. The van der Waals surface area contributed by atoms with Crippen LogP contribution in [0.25, 0.3) is 0 Å². The fourth-order valence-corrected chi connectivity index (χ4v) is 0.923. The molecule has 1 fully saturated rings. The zero-order valence-electron chi connectivity index (χ0n) is 12.4. The summed E-state index contributed by atoms with van der Waals surface area (Å²) in [5.41, 5.74) is 0. The lowest BCUT2D eigenvalue weighted by Gasteiger charge is -2.06. The van der Waals surface area contributed by atoms with Gasteiger partial charge in [-0.1, -0.05) is 0 Å². The maximum absolute atomic E-state index is 5.26. The summed E-state index contributed by atoms with van der Waals surface area (Å²) in [6, 6.07) is 0. The second-order valence-electron chi connectivity index (χ2n) is 3.97. The summed E-state index contributed by atoms with van der Waals surface area (Å²) in [6.45, 7) is 7.91. The largest absolute Gasteiger partial charge is 0.382 e. The van der Waals surface area contributed by atoms with E-state index >= 15 is 0 Å². The molecule has 1 aliphatic heterocycles. The fraction of sp³-hybridized carbons (Fsp3) is 1.00. The Labute approximate surface area is 116 Å². The molecule has 6 heteroatoms. The average Bonchev–Trinajstić information content (AvgIpc) is 3.19. The van der Waals surface area contributed by atoms with Gasteiger partial charge in [-0.2, -0.15) is 0 Å². The van der Waals surface area contributed by atoms with Gasteiger partial charge in [0.25, 0.3) is 0 Å². The number of methoxy groups -OCH3 is 2. The summed E-state index contributed by atoms with van der Waals surface area (Å²) in [4.78, 5) is 0. The van der Waals surface area contributed by atoms with E-state index in [2.05, 4.69) is 6.92 Å². The summed E-state index contributed by atoms with van der Waals surface area (Å²) in [6.07, 6.45) is 0.583. The van der Waals surface area contributed by atoms with Crippen molar-refractivity contribution < 1.29 is 28.4 Å². The first-order valence-electron chi connectivity index (χ1n) is 6.64. The third kappa shape index (κ3) is 20.2. The van der Waals surface area contributed by atoms with Crippen LogP contribution in [-0.4, -0.2) is 79.8 Å². The smallest absolute Gasteiger partial charge is 0.0781 e. The van der Waals surface area contributed by atoms with Crippen LogP contribution in [0.2, 0.25) is 0 Å². The van der Waals surface area contributed by atoms with Crippen LogP contribution in [0.1, 0.15) is 6.92 Å². The molecule has 0 aliphatic carbocycles. The first-order chi connectivity index (χ1) is 9.31. The highest BCUT2D eigenvalue weighted by molar-refractivity contribution is 4.58. The van der Waals surface area contributed by atoms with Gasteiger partial charge in [-0.25, -0.2) is 0 Å². The van der Waals surface area contributed by atoms with Crippen LogP contribution in [0.5, 0.6) is 0 Å². The lowest BCUT2D eigenvalue weighted by molar-refractivity contribution is -0.00380. The monoisotopic (exact) mass is 280 g/mol. The van der Waals surface area contributed by atoms with Gasteiger partial charge in [-0.3, -0.25) is 0 Å². The third-order valence-electron chi connectivity index (χ3n) is 2.11. The Bertz CT molecular complexity index is 151. The molecular formula is C13H28O6. The van der Waals surface area contributed by atoms with Gasteiger partial charge in [0.1, 0.15) is 0 Å². The minimum atomic E-state index is 0.583. The highest BCUT2D eigenvalue weighted by Gasteiger charge is 2.13. The number of ether oxygens (including phenoxy) is 6. The van der Waals surface area contributed by atoms with Crippen molar-refractivity contribution in [3.05, 3.63) is 0 Å². The van der Waals surface area contributed by atoms with Crippen LogP contribution in [0, 0.1) is 0 Å². The Hall–Kier alpha value is -0.240. The highest BCUT2D eigenvalue weighted by atomic mass is 16.6. The number of rotatable bonds is 12. The standard InChI is InChI=1S/C10H22O5.C3H6O/c1-11-3-5-13-7-9-15-10-8-14-6-4-12-2;1-3-2-4-3/h3-10H2,1-2H3;3H,2H2,1H3. The van der Waals surface area contributed by atoms with Gasteiger partial charge >= 0.3 is 0 Å². The SMILES string of the molecule is CC1CO1.COCCOCCOCCOCCOC. The number of hydrogen-bond acceptors (Lipinski definition) is 6. The van der Waals surface area contributed by atoms with Crippen molar-refractivity contribution in [2.75, 3.05) is 73.7 Å². The molecule has 0 aromatic rings. The maximum atomic E-state index is 5.26. The minimum Gasteiger partial charge on any atom is -0.382 e. The summed E-state index contributed by atoms with van der Waals surface area (Å²) in [5.74, 6) is 0. The van der Waals surface area contributed by atoms with Crippen LogP contribution >= 0.6 is 0 Å². The molecule has 0 radical (unpaired) electrons. The van der Waals surface area contributed by atoms with E-state index < -0.39 is 0 Å². The first kappa shape index (κ1) is 18.8. The van der Waals surface area contributed by atoms with Crippen molar-refractivity contribution in [1.29, 1.82) is 0 Å². The van der Waals surface area contributed by atoms with Gasteiger partial charge in [0.05, 0.1) is 65.6 Å². The summed E-state index contributed by atoms with van der Waals surface area (Å²) in [5, 5.41) is 0. The molecule has 0 aromatic carbocycles. The second kappa shape index (κ2) is 15.8. The average molecular weight is 280 g/mol. The van der Waals surface area contributed by atoms with Crippen LogP contribution < -0.4 is 0 Å². The van der Waals surface area contributed by atoms with E-state index in [4.69, 9.17) is 28.4 Å². The molecule has 6 nitrogen and oxygen atoms in total. The Kier molecular flexibility index (Phi) is 15.6. The molecule has 19 heavy (non-hydrogen) atoms. The Balaban J connectivity index is 0.000000678. The zero-order chi connectivity index (χ0) is 14.2. The highest BCUT2D eigenvalue weighted by Crippen LogP contribution is 2.04. The Morgan fingerprint density at radius 2 is 1.00 bits per heavy atom. The quantitative estimate of drug-likeness (QED) is 0.388. The van der Waals surface area contributed by atoms with E-state index in [0.29, 0.717) is 59.0 Å².